The van der Waals surface area contributed by atoms with Crippen molar-refractivity contribution in [2.24, 2.45) is 0 Å². The Hall–Kier alpha value is -2.21. The van der Waals surface area contributed by atoms with Crippen LogP contribution in [0, 0.1) is 6.92 Å². The van der Waals surface area contributed by atoms with Gasteiger partial charge >= 0.3 is 0 Å². The van der Waals surface area contributed by atoms with Gasteiger partial charge in [-0.25, -0.2) is 0 Å². The fourth-order valence-corrected chi connectivity index (χ4v) is 4.15. The van der Waals surface area contributed by atoms with Crippen molar-refractivity contribution in [2.45, 2.75) is 45.2 Å². The highest BCUT2D eigenvalue weighted by Crippen LogP contribution is 2.28. The second kappa shape index (κ2) is 7.58. The van der Waals surface area contributed by atoms with Gasteiger partial charge in [0.25, 0.3) is 0 Å². The molecule has 0 saturated carbocycles. The number of fused-ring (bicyclic) bond motifs is 1. The van der Waals surface area contributed by atoms with E-state index in [1.165, 1.54) is 5.56 Å². The summed E-state index contributed by atoms with van der Waals surface area (Å²) < 4.78 is 2.12. The van der Waals surface area contributed by atoms with Crippen molar-refractivity contribution < 1.29 is 4.79 Å². The van der Waals surface area contributed by atoms with Crippen molar-refractivity contribution in [1.82, 2.24) is 24.6 Å². The van der Waals surface area contributed by atoms with Crippen molar-refractivity contribution in [3.05, 3.63) is 47.5 Å². The van der Waals surface area contributed by atoms with Gasteiger partial charge in [-0.2, -0.15) is 0 Å². The molecule has 1 fully saturated rings. The number of benzene rings is 1. The van der Waals surface area contributed by atoms with E-state index in [-0.39, 0.29) is 11.9 Å². The minimum atomic E-state index is -0.279. The number of carbonyl (C=O) groups is 1. The third-order valence-electron chi connectivity index (χ3n) is 5.59. The van der Waals surface area contributed by atoms with Crippen molar-refractivity contribution >= 4 is 5.91 Å². The summed E-state index contributed by atoms with van der Waals surface area (Å²) in [6.07, 6.45) is 4.30. The molecule has 0 radical (unpaired) electrons. The molecular formula is C20H27N5O. The molecule has 4 rings (SSSR count). The predicted octanol–water partition coefficient (Wildman–Crippen LogP) is 2.20. The smallest absolute Gasteiger partial charge is 0.247 e. The lowest BCUT2D eigenvalue weighted by Crippen LogP contribution is -2.47. The topological polar surface area (TPSA) is 54.3 Å². The first-order valence-electron chi connectivity index (χ1n) is 9.70. The second-order valence-corrected chi connectivity index (χ2v) is 7.32. The second-order valence-electron chi connectivity index (χ2n) is 7.32. The van der Waals surface area contributed by atoms with Crippen molar-refractivity contribution in [3.63, 3.8) is 0 Å². The molecule has 2 aliphatic rings. The van der Waals surface area contributed by atoms with E-state index in [1.807, 2.05) is 17.9 Å². The Morgan fingerprint density at radius 2 is 1.85 bits per heavy atom. The lowest BCUT2D eigenvalue weighted by atomic mass is 10.1. The first-order chi connectivity index (χ1) is 12.7. The lowest BCUT2D eigenvalue weighted by molar-refractivity contribution is -0.137. The summed E-state index contributed by atoms with van der Waals surface area (Å²) in [5, 5.41) is 8.61. The van der Waals surface area contributed by atoms with Crippen molar-refractivity contribution in [1.29, 1.82) is 0 Å². The van der Waals surface area contributed by atoms with Crippen LogP contribution < -0.4 is 0 Å². The standard InChI is InChI=1S/C20H27N5O/c1-16-21-22-19-18(20(26)24-11-5-6-12-24)23(14-15-25(16)19)13-7-10-17-8-3-2-4-9-17/h2-4,8-9,18H,5-7,10-15H2,1H3. The van der Waals surface area contributed by atoms with Gasteiger partial charge in [-0.15, -0.1) is 10.2 Å². The van der Waals surface area contributed by atoms with Crippen LogP contribution in [0.3, 0.4) is 0 Å². The molecule has 1 aromatic carbocycles. The number of carbonyl (C=O) groups excluding carboxylic acids is 1. The quantitative estimate of drug-likeness (QED) is 0.827. The zero-order valence-electron chi connectivity index (χ0n) is 15.5. The average molecular weight is 353 g/mol. The molecular weight excluding hydrogens is 326 g/mol. The number of nitrogens with zero attached hydrogens (tertiary/aromatic N) is 5. The SMILES string of the molecule is Cc1nnc2n1CCN(CCCc1ccccc1)C2C(=O)N1CCCC1. The first kappa shape index (κ1) is 17.2. The number of aryl methyl sites for hydroxylation is 2. The zero-order chi connectivity index (χ0) is 17.9. The predicted molar refractivity (Wildman–Crippen MR) is 99.7 cm³/mol. The average Bonchev–Trinajstić information content (AvgIpc) is 3.32. The monoisotopic (exact) mass is 353 g/mol. The number of aromatic nitrogens is 3. The minimum absolute atomic E-state index is 0.204. The maximum atomic E-state index is 13.2. The van der Waals surface area contributed by atoms with E-state index in [0.717, 1.165) is 70.1 Å². The highest BCUT2D eigenvalue weighted by Gasteiger charge is 2.38. The van der Waals surface area contributed by atoms with E-state index in [2.05, 4.69) is 43.9 Å². The van der Waals surface area contributed by atoms with Crippen LogP contribution in [0.15, 0.2) is 30.3 Å². The molecule has 0 aliphatic carbocycles. The molecule has 6 nitrogen and oxygen atoms in total. The molecule has 3 heterocycles. The summed E-state index contributed by atoms with van der Waals surface area (Å²) in [5.74, 6) is 1.93. The Bertz CT molecular complexity index is 751. The Balaban J connectivity index is 1.49. The Labute approximate surface area is 154 Å². The molecule has 0 spiro atoms. The highest BCUT2D eigenvalue weighted by atomic mass is 16.2. The first-order valence-corrected chi connectivity index (χ1v) is 9.70. The summed E-state index contributed by atoms with van der Waals surface area (Å²) in [6, 6.07) is 10.3. The van der Waals surface area contributed by atoms with E-state index in [1.54, 1.807) is 0 Å². The van der Waals surface area contributed by atoms with E-state index in [4.69, 9.17) is 0 Å². The molecule has 0 bridgehead atoms. The minimum Gasteiger partial charge on any atom is -0.341 e. The maximum absolute atomic E-state index is 13.2. The molecule has 1 unspecified atom stereocenters. The van der Waals surface area contributed by atoms with Crippen LogP contribution in [0.2, 0.25) is 0 Å². The number of likely N-dealkylation sites (tertiary alicyclic amines) is 1. The van der Waals surface area contributed by atoms with Gasteiger partial charge in [0.2, 0.25) is 5.91 Å². The normalized spacial score (nSPS) is 20.3. The van der Waals surface area contributed by atoms with E-state index in [9.17, 15) is 4.79 Å². The molecule has 138 valence electrons. The summed E-state index contributed by atoms with van der Waals surface area (Å²) in [4.78, 5) is 17.5. The molecule has 2 aliphatic heterocycles. The van der Waals surface area contributed by atoms with Gasteiger partial charge in [-0.3, -0.25) is 9.69 Å². The fourth-order valence-electron chi connectivity index (χ4n) is 4.15. The summed E-state index contributed by atoms with van der Waals surface area (Å²) in [7, 11) is 0. The summed E-state index contributed by atoms with van der Waals surface area (Å²) in [6.45, 7) is 6.37. The van der Waals surface area contributed by atoms with E-state index < -0.39 is 0 Å². The number of hydrogen-bond donors (Lipinski definition) is 0. The lowest BCUT2D eigenvalue weighted by Gasteiger charge is -2.36. The number of rotatable bonds is 5. The van der Waals surface area contributed by atoms with Gasteiger partial charge in [-0.05, 0) is 44.7 Å². The van der Waals surface area contributed by atoms with Crippen molar-refractivity contribution in [3.8, 4) is 0 Å². The molecule has 2 aromatic rings. The van der Waals surface area contributed by atoms with Gasteiger partial charge in [0, 0.05) is 26.2 Å². The molecule has 1 aromatic heterocycles. The van der Waals surface area contributed by atoms with Crippen LogP contribution in [0.5, 0.6) is 0 Å². The van der Waals surface area contributed by atoms with Gasteiger partial charge in [0.15, 0.2) is 11.9 Å². The molecule has 0 N–H and O–H groups in total. The van der Waals surface area contributed by atoms with Gasteiger partial charge in [0.05, 0.1) is 0 Å². The molecule has 1 amide bonds. The van der Waals surface area contributed by atoms with Crippen LogP contribution in [0.4, 0.5) is 0 Å². The summed E-state index contributed by atoms with van der Waals surface area (Å²) in [5.41, 5.74) is 1.35. The zero-order valence-corrected chi connectivity index (χ0v) is 15.5. The maximum Gasteiger partial charge on any atom is 0.247 e. The van der Waals surface area contributed by atoms with Gasteiger partial charge in [0.1, 0.15) is 5.82 Å². The Morgan fingerprint density at radius 3 is 2.62 bits per heavy atom. The van der Waals surface area contributed by atoms with Crippen LogP contribution >= 0.6 is 0 Å². The van der Waals surface area contributed by atoms with Crippen LogP contribution in [-0.4, -0.2) is 56.7 Å². The third kappa shape index (κ3) is 3.38. The van der Waals surface area contributed by atoms with Crippen LogP contribution in [-0.2, 0) is 17.8 Å². The van der Waals surface area contributed by atoms with Gasteiger partial charge in [-0.1, -0.05) is 30.3 Å². The summed E-state index contributed by atoms with van der Waals surface area (Å²) >= 11 is 0. The van der Waals surface area contributed by atoms with Crippen LogP contribution in [0.1, 0.15) is 42.5 Å². The van der Waals surface area contributed by atoms with Gasteiger partial charge < -0.3 is 9.47 Å². The fraction of sp³-hybridized carbons (Fsp3) is 0.550. The molecule has 1 atom stereocenters. The number of hydrogen-bond acceptors (Lipinski definition) is 4. The largest absolute Gasteiger partial charge is 0.341 e. The Kier molecular flexibility index (Phi) is 5.02. The third-order valence-corrected chi connectivity index (χ3v) is 5.59. The van der Waals surface area contributed by atoms with Crippen LogP contribution in [0.25, 0.3) is 0 Å². The highest BCUT2D eigenvalue weighted by molar-refractivity contribution is 5.83. The molecule has 1 saturated heterocycles. The van der Waals surface area contributed by atoms with Crippen molar-refractivity contribution in [2.75, 3.05) is 26.2 Å². The number of amides is 1. The van der Waals surface area contributed by atoms with E-state index >= 15 is 0 Å². The molecule has 26 heavy (non-hydrogen) atoms. The Morgan fingerprint density at radius 1 is 1.08 bits per heavy atom. The van der Waals surface area contributed by atoms with E-state index in [0.29, 0.717) is 0 Å². The molecule has 6 heteroatoms.